The van der Waals surface area contributed by atoms with E-state index in [1.807, 2.05) is 14.0 Å². The van der Waals surface area contributed by atoms with Crippen molar-refractivity contribution in [1.82, 2.24) is 14.7 Å². The van der Waals surface area contributed by atoms with Gasteiger partial charge in [-0.25, -0.2) is 9.59 Å². The van der Waals surface area contributed by atoms with Crippen LogP contribution in [0.2, 0.25) is 0 Å². The van der Waals surface area contributed by atoms with E-state index in [0.29, 0.717) is 6.54 Å². The second-order valence-electron chi connectivity index (χ2n) is 5.84. The van der Waals surface area contributed by atoms with Crippen molar-refractivity contribution < 1.29 is 19.8 Å². The fourth-order valence-electron chi connectivity index (χ4n) is 3.08. The van der Waals surface area contributed by atoms with Crippen molar-refractivity contribution in [1.29, 1.82) is 0 Å². The van der Waals surface area contributed by atoms with Crippen molar-refractivity contribution in [2.45, 2.75) is 38.0 Å². The molecular weight excluding hydrogens is 262 g/mol. The predicted octanol–water partition coefficient (Wildman–Crippen LogP) is -0.348. The minimum Gasteiger partial charge on any atom is -0.480 e. The lowest BCUT2D eigenvalue weighted by Gasteiger charge is -2.33. The Morgan fingerprint density at radius 2 is 1.85 bits per heavy atom. The van der Waals surface area contributed by atoms with Crippen LogP contribution in [-0.4, -0.2) is 88.3 Å². The van der Waals surface area contributed by atoms with Crippen LogP contribution in [0.1, 0.15) is 19.8 Å². The molecule has 0 radical (unpaired) electrons. The molecule has 2 N–H and O–H groups in total. The maximum absolute atomic E-state index is 12.6. The van der Waals surface area contributed by atoms with Gasteiger partial charge in [0.2, 0.25) is 0 Å². The summed E-state index contributed by atoms with van der Waals surface area (Å²) in [6, 6.07) is -1.13. The highest BCUT2D eigenvalue weighted by atomic mass is 16.4. The second-order valence-corrected chi connectivity index (χ2v) is 5.84. The van der Waals surface area contributed by atoms with Gasteiger partial charge >= 0.3 is 12.0 Å². The number of carbonyl (C=O) groups excluding carboxylic acids is 1. The smallest absolute Gasteiger partial charge is 0.326 e. The van der Waals surface area contributed by atoms with Crippen LogP contribution in [-0.2, 0) is 4.79 Å². The molecule has 2 saturated heterocycles. The van der Waals surface area contributed by atoms with E-state index in [-0.39, 0.29) is 25.0 Å². The monoisotopic (exact) mass is 285 g/mol. The van der Waals surface area contributed by atoms with Crippen LogP contribution >= 0.6 is 0 Å². The minimum absolute atomic E-state index is 0.0437. The van der Waals surface area contributed by atoms with Gasteiger partial charge in [-0.1, -0.05) is 0 Å². The molecule has 7 nitrogen and oxygen atoms in total. The van der Waals surface area contributed by atoms with Crippen LogP contribution in [0.3, 0.4) is 0 Å². The highest BCUT2D eigenvalue weighted by Gasteiger charge is 2.41. The molecular formula is C13H23N3O4. The first-order chi connectivity index (χ1) is 9.40. The Kier molecular flexibility index (Phi) is 4.49. The van der Waals surface area contributed by atoms with Gasteiger partial charge in [0.25, 0.3) is 0 Å². The molecule has 0 spiro atoms. The number of aliphatic hydroxyl groups excluding tert-OH is 1. The van der Waals surface area contributed by atoms with Crippen LogP contribution in [0.15, 0.2) is 0 Å². The van der Waals surface area contributed by atoms with Crippen LogP contribution in [0, 0.1) is 0 Å². The lowest BCUT2D eigenvalue weighted by Crippen LogP contribution is -2.52. The molecule has 114 valence electrons. The summed E-state index contributed by atoms with van der Waals surface area (Å²) in [6.45, 7) is 4.42. The summed E-state index contributed by atoms with van der Waals surface area (Å²) in [5.74, 6) is -1.05. The van der Waals surface area contributed by atoms with Crippen LogP contribution in [0.5, 0.6) is 0 Å². The van der Waals surface area contributed by atoms with Gasteiger partial charge < -0.3 is 24.9 Å². The number of likely N-dealkylation sites (N-methyl/N-ethyl adjacent to an activating group) is 1. The van der Waals surface area contributed by atoms with Gasteiger partial charge in [0.1, 0.15) is 6.04 Å². The number of carboxylic acid groups (broad SMARTS) is 1. The molecule has 2 rings (SSSR count). The van der Waals surface area contributed by atoms with Gasteiger partial charge in [-0.15, -0.1) is 0 Å². The lowest BCUT2D eigenvalue weighted by atomic mass is 10.2. The van der Waals surface area contributed by atoms with Crippen LogP contribution in [0.25, 0.3) is 0 Å². The maximum atomic E-state index is 12.6. The van der Waals surface area contributed by atoms with Crippen molar-refractivity contribution in [3.63, 3.8) is 0 Å². The number of carbonyl (C=O) groups is 2. The Hall–Kier alpha value is -1.34. The third-order valence-electron chi connectivity index (χ3n) is 4.10. The average Bonchev–Trinajstić information content (AvgIpc) is 2.67. The van der Waals surface area contributed by atoms with Crippen LogP contribution in [0.4, 0.5) is 4.79 Å². The van der Waals surface area contributed by atoms with Crippen molar-refractivity contribution in [2.75, 3.05) is 33.2 Å². The molecule has 0 bridgehead atoms. The van der Waals surface area contributed by atoms with E-state index < -0.39 is 18.1 Å². The topological polar surface area (TPSA) is 84.3 Å². The van der Waals surface area contributed by atoms with E-state index in [4.69, 9.17) is 0 Å². The highest BCUT2D eigenvalue weighted by Crippen LogP contribution is 2.22. The molecule has 7 heteroatoms. The first-order valence-corrected chi connectivity index (χ1v) is 7.06. The summed E-state index contributed by atoms with van der Waals surface area (Å²) in [5.41, 5.74) is 0. The average molecular weight is 285 g/mol. The number of hydrogen-bond acceptors (Lipinski definition) is 4. The number of nitrogens with zero attached hydrogens (tertiary/aromatic N) is 3. The zero-order valence-electron chi connectivity index (χ0n) is 12.0. The predicted molar refractivity (Wildman–Crippen MR) is 72.4 cm³/mol. The molecule has 2 aliphatic heterocycles. The zero-order chi connectivity index (χ0) is 14.9. The fraction of sp³-hybridized carbons (Fsp3) is 0.846. The van der Waals surface area contributed by atoms with Gasteiger partial charge in [-0.2, -0.15) is 0 Å². The number of aliphatic carboxylic acids is 1. The molecule has 0 aromatic rings. The Bertz CT molecular complexity index is 390. The number of aliphatic hydroxyl groups is 1. The Morgan fingerprint density at radius 3 is 2.50 bits per heavy atom. The van der Waals surface area contributed by atoms with E-state index >= 15 is 0 Å². The van der Waals surface area contributed by atoms with Gasteiger partial charge in [0.05, 0.1) is 6.10 Å². The molecule has 2 amide bonds. The SMILES string of the molecule is CC1CN(C)CCCN1C(=O)N1CC(O)CC1C(=O)O. The van der Waals surface area contributed by atoms with Gasteiger partial charge in [-0.05, 0) is 26.9 Å². The first kappa shape index (κ1) is 15.1. The first-order valence-electron chi connectivity index (χ1n) is 7.06. The minimum atomic E-state index is -1.05. The highest BCUT2D eigenvalue weighted by molar-refractivity contribution is 5.83. The van der Waals surface area contributed by atoms with Crippen molar-refractivity contribution in [3.8, 4) is 0 Å². The van der Waals surface area contributed by atoms with E-state index in [0.717, 1.165) is 19.5 Å². The van der Waals surface area contributed by atoms with Gasteiger partial charge in [-0.3, -0.25) is 0 Å². The van der Waals surface area contributed by atoms with Gasteiger partial charge in [0.15, 0.2) is 0 Å². The maximum Gasteiger partial charge on any atom is 0.326 e. The Morgan fingerprint density at radius 1 is 1.15 bits per heavy atom. The third kappa shape index (κ3) is 3.04. The standard InChI is InChI=1S/C13H23N3O4/c1-9-7-14(2)4-3-5-15(9)13(20)16-8-10(17)6-11(16)12(18)19/h9-11,17H,3-8H2,1-2H3,(H,18,19). The summed E-state index contributed by atoms with van der Waals surface area (Å²) in [7, 11) is 2.02. The lowest BCUT2D eigenvalue weighted by molar-refractivity contribution is -0.141. The summed E-state index contributed by atoms with van der Waals surface area (Å²) in [6.07, 6.45) is 0.245. The number of β-amino-alcohol motifs (C(OH)–C–C–N with tert-alkyl or cyclic N) is 1. The Labute approximate surface area is 118 Å². The van der Waals surface area contributed by atoms with Crippen molar-refractivity contribution >= 4 is 12.0 Å². The molecule has 2 aliphatic rings. The second kappa shape index (κ2) is 5.97. The summed E-state index contributed by atoms with van der Waals surface area (Å²) >= 11 is 0. The molecule has 0 aromatic heterocycles. The normalized spacial score (nSPS) is 32.2. The fourth-order valence-corrected chi connectivity index (χ4v) is 3.08. The number of rotatable bonds is 1. The summed E-state index contributed by atoms with van der Waals surface area (Å²) in [4.78, 5) is 29.0. The largest absolute Gasteiger partial charge is 0.480 e. The molecule has 0 aliphatic carbocycles. The van der Waals surface area contributed by atoms with Crippen LogP contribution < -0.4 is 0 Å². The van der Waals surface area contributed by atoms with E-state index in [1.165, 1.54) is 4.90 Å². The zero-order valence-corrected chi connectivity index (χ0v) is 12.0. The number of amides is 2. The molecule has 0 saturated carbocycles. The van der Waals surface area contributed by atoms with E-state index in [9.17, 15) is 19.8 Å². The van der Waals surface area contributed by atoms with E-state index in [1.54, 1.807) is 4.90 Å². The number of hydrogen-bond donors (Lipinski definition) is 2. The Balaban J connectivity index is 2.11. The van der Waals surface area contributed by atoms with Gasteiger partial charge in [0, 0.05) is 32.1 Å². The summed E-state index contributed by atoms with van der Waals surface area (Å²) in [5, 5.41) is 18.8. The summed E-state index contributed by atoms with van der Waals surface area (Å²) < 4.78 is 0. The quantitative estimate of drug-likeness (QED) is 0.688. The number of urea groups is 1. The van der Waals surface area contributed by atoms with Crippen molar-refractivity contribution in [2.24, 2.45) is 0 Å². The molecule has 2 fully saturated rings. The van der Waals surface area contributed by atoms with Crippen molar-refractivity contribution in [3.05, 3.63) is 0 Å². The molecule has 3 unspecified atom stereocenters. The number of likely N-dealkylation sites (tertiary alicyclic amines) is 1. The molecule has 3 atom stereocenters. The molecule has 20 heavy (non-hydrogen) atoms. The van der Waals surface area contributed by atoms with E-state index in [2.05, 4.69) is 4.90 Å². The third-order valence-corrected chi connectivity index (χ3v) is 4.10. The molecule has 0 aromatic carbocycles. The molecule has 2 heterocycles. The number of carboxylic acids is 1.